The van der Waals surface area contributed by atoms with Gasteiger partial charge in [0, 0.05) is 70.5 Å². The van der Waals surface area contributed by atoms with Crippen LogP contribution in [-0.2, 0) is 4.79 Å². The molecule has 0 spiro atoms. The molecule has 1 N–H and O–H groups in total. The molecule has 0 bridgehead atoms. The van der Waals surface area contributed by atoms with Crippen LogP contribution in [0.4, 0.5) is 17.1 Å². The molecule has 1 aromatic heterocycles. The lowest BCUT2D eigenvalue weighted by atomic mass is 10.2. The second-order valence-corrected chi connectivity index (χ2v) is 6.79. The summed E-state index contributed by atoms with van der Waals surface area (Å²) in [5, 5.41) is 2.89. The molecule has 142 valence electrons. The monoisotopic (exact) mass is 367 g/mol. The number of anilines is 3. The summed E-state index contributed by atoms with van der Waals surface area (Å²) in [5.74, 6) is -0.137. The minimum atomic E-state index is -0.239. The molecule has 0 radical (unpaired) electrons. The van der Waals surface area contributed by atoms with Gasteiger partial charge in [-0.1, -0.05) is 0 Å². The van der Waals surface area contributed by atoms with Crippen molar-refractivity contribution in [1.82, 2.24) is 9.88 Å². The van der Waals surface area contributed by atoms with E-state index >= 15 is 0 Å². The molecule has 1 aromatic carbocycles. The Kier molecular flexibility index (Phi) is 5.59. The molecule has 1 saturated heterocycles. The largest absolute Gasteiger partial charge is 0.378 e. The number of piperazine rings is 1. The predicted octanol–water partition coefficient (Wildman–Crippen LogP) is 2.07. The highest BCUT2D eigenvalue weighted by Crippen LogP contribution is 2.19. The van der Waals surface area contributed by atoms with Crippen LogP contribution in [0.2, 0.25) is 0 Å². The first kappa shape index (κ1) is 18.7. The van der Waals surface area contributed by atoms with Crippen molar-refractivity contribution in [3.63, 3.8) is 0 Å². The maximum atomic E-state index is 12.6. The lowest BCUT2D eigenvalue weighted by Crippen LogP contribution is -2.48. The molecule has 2 amide bonds. The highest BCUT2D eigenvalue weighted by Gasteiger charge is 2.19. The lowest BCUT2D eigenvalue weighted by Gasteiger charge is -2.35. The van der Waals surface area contributed by atoms with Crippen LogP contribution in [0.3, 0.4) is 0 Å². The van der Waals surface area contributed by atoms with Crippen molar-refractivity contribution in [2.24, 2.45) is 0 Å². The normalized spacial score (nSPS) is 14.0. The molecule has 0 unspecified atom stereocenters. The van der Waals surface area contributed by atoms with Crippen LogP contribution in [0.1, 0.15) is 17.4 Å². The number of rotatable bonds is 4. The first-order chi connectivity index (χ1) is 12.9. The Morgan fingerprint density at radius 1 is 1.04 bits per heavy atom. The molecule has 1 aliphatic rings. The van der Waals surface area contributed by atoms with E-state index < -0.39 is 0 Å². The molecule has 1 aliphatic heterocycles. The van der Waals surface area contributed by atoms with Gasteiger partial charge in [0.15, 0.2) is 0 Å². The number of hydrogen-bond donors (Lipinski definition) is 1. The van der Waals surface area contributed by atoms with Crippen molar-refractivity contribution in [1.29, 1.82) is 0 Å². The third-order valence-electron chi connectivity index (χ3n) is 4.71. The first-order valence-corrected chi connectivity index (χ1v) is 8.99. The van der Waals surface area contributed by atoms with Crippen molar-refractivity contribution < 1.29 is 9.59 Å². The van der Waals surface area contributed by atoms with Crippen molar-refractivity contribution in [2.45, 2.75) is 6.92 Å². The number of carbonyl (C=O) groups excluding carboxylic acids is 2. The predicted molar refractivity (Wildman–Crippen MR) is 107 cm³/mol. The summed E-state index contributed by atoms with van der Waals surface area (Å²) >= 11 is 0. The Hall–Kier alpha value is -3.09. The Labute approximate surface area is 159 Å². The number of pyridine rings is 1. The third kappa shape index (κ3) is 4.55. The summed E-state index contributed by atoms with van der Waals surface area (Å²) in [5.41, 5.74) is 3.12. The average Bonchev–Trinajstić information content (AvgIpc) is 2.68. The Morgan fingerprint density at radius 2 is 1.70 bits per heavy atom. The maximum absolute atomic E-state index is 12.6. The minimum Gasteiger partial charge on any atom is -0.378 e. The summed E-state index contributed by atoms with van der Waals surface area (Å²) < 4.78 is 0. The van der Waals surface area contributed by atoms with Crippen LogP contribution < -0.4 is 15.1 Å². The first-order valence-electron chi connectivity index (χ1n) is 8.99. The van der Waals surface area contributed by atoms with Gasteiger partial charge >= 0.3 is 0 Å². The molecular formula is C20H25N5O2. The Bertz CT molecular complexity index is 811. The van der Waals surface area contributed by atoms with Gasteiger partial charge in [-0.15, -0.1) is 0 Å². The zero-order chi connectivity index (χ0) is 19.4. The molecule has 7 heteroatoms. The number of amides is 2. The molecule has 0 atom stereocenters. The van der Waals surface area contributed by atoms with E-state index in [4.69, 9.17) is 0 Å². The van der Waals surface area contributed by atoms with E-state index in [0.29, 0.717) is 18.8 Å². The van der Waals surface area contributed by atoms with Crippen molar-refractivity contribution in [3.8, 4) is 0 Å². The van der Waals surface area contributed by atoms with Crippen molar-refractivity contribution in [2.75, 3.05) is 55.4 Å². The van der Waals surface area contributed by atoms with E-state index in [1.165, 1.54) is 0 Å². The Balaban J connectivity index is 1.66. The zero-order valence-corrected chi connectivity index (χ0v) is 16.0. The zero-order valence-electron chi connectivity index (χ0n) is 16.0. The quantitative estimate of drug-likeness (QED) is 0.896. The molecule has 0 saturated carbocycles. The van der Waals surface area contributed by atoms with Gasteiger partial charge in [0.1, 0.15) is 5.69 Å². The molecule has 3 rings (SSSR count). The topological polar surface area (TPSA) is 68.8 Å². The number of hydrogen-bond acceptors (Lipinski definition) is 5. The second-order valence-electron chi connectivity index (χ2n) is 6.79. The molecule has 27 heavy (non-hydrogen) atoms. The van der Waals surface area contributed by atoms with Crippen molar-refractivity contribution >= 4 is 28.9 Å². The van der Waals surface area contributed by atoms with Crippen molar-refractivity contribution in [3.05, 3.63) is 48.3 Å². The molecule has 2 heterocycles. The molecular weight excluding hydrogens is 342 g/mol. The fourth-order valence-electron chi connectivity index (χ4n) is 3.06. The molecule has 0 aliphatic carbocycles. The highest BCUT2D eigenvalue weighted by molar-refractivity contribution is 6.03. The molecule has 1 fully saturated rings. The Morgan fingerprint density at radius 3 is 2.30 bits per heavy atom. The summed E-state index contributed by atoms with van der Waals surface area (Å²) in [6.07, 6.45) is 1.65. The number of nitrogens with one attached hydrogen (secondary N) is 1. The van der Waals surface area contributed by atoms with Gasteiger partial charge in [-0.2, -0.15) is 0 Å². The van der Waals surface area contributed by atoms with Gasteiger partial charge in [-0.25, -0.2) is 0 Å². The minimum absolute atomic E-state index is 0.102. The fourth-order valence-corrected chi connectivity index (χ4v) is 3.06. The number of nitrogens with zero attached hydrogens (tertiary/aromatic N) is 4. The van der Waals surface area contributed by atoms with Crippen LogP contribution in [0.5, 0.6) is 0 Å². The van der Waals surface area contributed by atoms with Gasteiger partial charge in [0.25, 0.3) is 5.91 Å². The third-order valence-corrected chi connectivity index (χ3v) is 4.71. The summed E-state index contributed by atoms with van der Waals surface area (Å²) in [6.45, 7) is 4.47. The van der Waals surface area contributed by atoms with Crippen LogP contribution in [-0.4, -0.2) is 62.0 Å². The summed E-state index contributed by atoms with van der Waals surface area (Å²) in [4.78, 5) is 34.2. The van der Waals surface area contributed by atoms with E-state index in [-0.39, 0.29) is 11.8 Å². The number of aromatic nitrogens is 1. The fraction of sp³-hybridized carbons (Fsp3) is 0.350. The molecule has 2 aromatic rings. The standard InChI is InChI=1S/C20H25N5O2/c1-15(26)24-10-12-25(13-11-24)18-8-9-21-19(14-18)20(27)22-16-4-6-17(7-5-16)23(2)3/h4-9,14H,10-13H2,1-3H3,(H,22,27). The van der Waals surface area contributed by atoms with Gasteiger partial charge in [0.2, 0.25) is 5.91 Å². The summed E-state index contributed by atoms with van der Waals surface area (Å²) in [6, 6.07) is 11.3. The van der Waals surface area contributed by atoms with Crippen LogP contribution in [0.25, 0.3) is 0 Å². The SMILES string of the molecule is CC(=O)N1CCN(c2ccnc(C(=O)Nc3ccc(N(C)C)cc3)c2)CC1. The average molecular weight is 367 g/mol. The van der Waals surface area contributed by atoms with Crippen LogP contribution >= 0.6 is 0 Å². The van der Waals surface area contributed by atoms with Crippen LogP contribution in [0, 0.1) is 0 Å². The van der Waals surface area contributed by atoms with E-state index in [9.17, 15) is 9.59 Å². The number of carbonyl (C=O) groups is 2. The van der Waals surface area contributed by atoms with Gasteiger partial charge in [0.05, 0.1) is 0 Å². The highest BCUT2D eigenvalue weighted by atomic mass is 16.2. The van der Waals surface area contributed by atoms with E-state index in [0.717, 1.165) is 30.2 Å². The lowest BCUT2D eigenvalue weighted by molar-refractivity contribution is -0.129. The maximum Gasteiger partial charge on any atom is 0.274 e. The van der Waals surface area contributed by atoms with E-state index in [2.05, 4.69) is 15.2 Å². The van der Waals surface area contributed by atoms with Crippen LogP contribution in [0.15, 0.2) is 42.6 Å². The van der Waals surface area contributed by atoms with E-state index in [1.54, 1.807) is 19.2 Å². The van der Waals surface area contributed by atoms with E-state index in [1.807, 2.05) is 54.2 Å². The smallest absolute Gasteiger partial charge is 0.274 e. The summed E-state index contributed by atoms with van der Waals surface area (Å²) in [7, 11) is 3.94. The second kappa shape index (κ2) is 8.07. The van der Waals surface area contributed by atoms with Gasteiger partial charge < -0.3 is 20.0 Å². The van der Waals surface area contributed by atoms with Gasteiger partial charge in [-0.3, -0.25) is 14.6 Å². The number of benzene rings is 1. The van der Waals surface area contributed by atoms with Gasteiger partial charge in [-0.05, 0) is 36.4 Å². The molecule has 7 nitrogen and oxygen atoms in total.